The van der Waals surface area contributed by atoms with Gasteiger partial charge in [0.05, 0.1) is 16.5 Å². The van der Waals surface area contributed by atoms with Gasteiger partial charge < -0.3 is 10.2 Å². The van der Waals surface area contributed by atoms with Gasteiger partial charge in [-0.1, -0.05) is 79.3 Å². The maximum absolute atomic E-state index is 13.4. The van der Waals surface area contributed by atoms with Crippen molar-refractivity contribution < 1.29 is 9.59 Å². The van der Waals surface area contributed by atoms with Gasteiger partial charge in [-0.15, -0.1) is 0 Å². The molecule has 1 N–H and O–H groups in total. The first-order valence-electron chi connectivity index (χ1n) is 10.1. The Bertz CT molecular complexity index is 914. The number of benzene rings is 2. The minimum atomic E-state index is -0.651. The van der Waals surface area contributed by atoms with E-state index in [2.05, 4.69) is 5.32 Å². The Morgan fingerprint density at radius 2 is 1.61 bits per heavy atom. The van der Waals surface area contributed by atoms with Gasteiger partial charge in [0.1, 0.15) is 6.04 Å². The number of amides is 2. The van der Waals surface area contributed by atoms with Crippen LogP contribution >= 0.6 is 46.4 Å². The summed E-state index contributed by atoms with van der Waals surface area (Å²) in [7, 11) is 0. The molecular weight excluding hydrogens is 478 g/mol. The molecule has 0 aliphatic carbocycles. The molecule has 2 aromatic carbocycles. The minimum absolute atomic E-state index is 0.0201. The van der Waals surface area contributed by atoms with Crippen molar-refractivity contribution in [2.24, 2.45) is 5.92 Å². The van der Waals surface area contributed by atoms with Crippen LogP contribution in [0.15, 0.2) is 36.4 Å². The smallest absolute Gasteiger partial charge is 0.242 e. The maximum atomic E-state index is 13.4. The van der Waals surface area contributed by atoms with E-state index < -0.39 is 6.04 Å². The number of carbonyl (C=O) groups excluding carboxylic acids is 2. The van der Waals surface area contributed by atoms with Crippen LogP contribution in [0.25, 0.3) is 0 Å². The van der Waals surface area contributed by atoms with E-state index in [1.165, 1.54) is 0 Å². The molecule has 0 heterocycles. The Morgan fingerprint density at radius 3 is 2.16 bits per heavy atom. The second-order valence-electron chi connectivity index (χ2n) is 7.71. The fourth-order valence-electron chi connectivity index (χ4n) is 3.13. The number of rotatable bonds is 9. The van der Waals surface area contributed by atoms with Crippen molar-refractivity contribution in [2.75, 3.05) is 6.54 Å². The molecule has 0 unspecified atom stereocenters. The molecule has 0 fully saturated rings. The second-order valence-corrected chi connectivity index (χ2v) is 9.34. The van der Waals surface area contributed by atoms with E-state index in [0.29, 0.717) is 44.5 Å². The topological polar surface area (TPSA) is 49.4 Å². The summed E-state index contributed by atoms with van der Waals surface area (Å²) in [5.74, 6) is -0.162. The third-order valence-electron chi connectivity index (χ3n) is 4.80. The quantitative estimate of drug-likeness (QED) is 0.429. The number of hydrogen-bond donors (Lipinski definition) is 1. The molecule has 2 rings (SSSR count). The van der Waals surface area contributed by atoms with Crippen molar-refractivity contribution in [2.45, 2.75) is 46.2 Å². The first-order valence-corrected chi connectivity index (χ1v) is 11.6. The fraction of sp³-hybridized carbons (Fsp3) is 0.391. The van der Waals surface area contributed by atoms with Gasteiger partial charge in [0.2, 0.25) is 11.8 Å². The van der Waals surface area contributed by atoms with Crippen molar-refractivity contribution in [1.82, 2.24) is 10.2 Å². The standard InChI is InChI=1S/C23H26Cl4N2O2/c1-4-21(23(31)28-12-14(2)3)29(13-15-8-9-19(26)20(27)10-15)22(30)11-16-17(24)6-5-7-18(16)25/h5-10,14,21H,4,11-13H2,1-3H3,(H,28,31)/t21-/m0/s1. The first-order chi connectivity index (χ1) is 14.6. The van der Waals surface area contributed by atoms with E-state index in [0.717, 1.165) is 5.56 Å². The van der Waals surface area contributed by atoms with E-state index in [1.807, 2.05) is 20.8 Å². The predicted octanol–water partition coefficient (Wildman–Crippen LogP) is 6.42. The van der Waals surface area contributed by atoms with Gasteiger partial charge in [-0.05, 0) is 47.7 Å². The molecule has 0 saturated heterocycles. The predicted molar refractivity (Wildman–Crippen MR) is 129 cm³/mol. The normalized spacial score (nSPS) is 12.0. The third-order valence-corrected chi connectivity index (χ3v) is 6.24. The summed E-state index contributed by atoms with van der Waals surface area (Å²) < 4.78 is 0. The van der Waals surface area contributed by atoms with Crippen molar-refractivity contribution >= 4 is 58.2 Å². The van der Waals surface area contributed by atoms with E-state index >= 15 is 0 Å². The number of nitrogens with one attached hydrogen (secondary N) is 1. The van der Waals surface area contributed by atoms with Crippen molar-refractivity contribution in [3.63, 3.8) is 0 Å². The lowest BCUT2D eigenvalue weighted by Gasteiger charge is -2.31. The van der Waals surface area contributed by atoms with Crippen LogP contribution in [0.4, 0.5) is 0 Å². The van der Waals surface area contributed by atoms with E-state index in [-0.39, 0.29) is 24.8 Å². The first kappa shape index (κ1) is 25.8. The van der Waals surface area contributed by atoms with Gasteiger partial charge >= 0.3 is 0 Å². The van der Waals surface area contributed by atoms with Crippen LogP contribution in [-0.4, -0.2) is 29.3 Å². The Morgan fingerprint density at radius 1 is 0.968 bits per heavy atom. The van der Waals surface area contributed by atoms with Crippen molar-refractivity contribution in [1.29, 1.82) is 0 Å². The lowest BCUT2D eigenvalue weighted by atomic mass is 10.1. The molecule has 2 amide bonds. The molecule has 2 aromatic rings. The van der Waals surface area contributed by atoms with Crippen molar-refractivity contribution in [3.05, 3.63) is 67.6 Å². The molecule has 0 aliphatic rings. The van der Waals surface area contributed by atoms with E-state index in [9.17, 15) is 9.59 Å². The zero-order valence-electron chi connectivity index (χ0n) is 17.7. The fourth-order valence-corrected chi connectivity index (χ4v) is 3.98. The lowest BCUT2D eigenvalue weighted by Crippen LogP contribution is -2.50. The van der Waals surface area contributed by atoms with Gasteiger partial charge in [0.25, 0.3) is 0 Å². The van der Waals surface area contributed by atoms with Gasteiger partial charge in [-0.3, -0.25) is 9.59 Å². The average Bonchev–Trinajstić information content (AvgIpc) is 2.71. The SMILES string of the molecule is CC[C@@H](C(=O)NCC(C)C)N(Cc1ccc(Cl)c(Cl)c1)C(=O)Cc1c(Cl)cccc1Cl. The van der Waals surface area contributed by atoms with E-state index in [4.69, 9.17) is 46.4 Å². The number of hydrogen-bond acceptors (Lipinski definition) is 2. The molecule has 4 nitrogen and oxygen atoms in total. The summed E-state index contributed by atoms with van der Waals surface area (Å²) in [6.07, 6.45) is 0.432. The highest BCUT2D eigenvalue weighted by molar-refractivity contribution is 6.42. The Labute approximate surface area is 203 Å². The van der Waals surface area contributed by atoms with Crippen LogP contribution in [0.5, 0.6) is 0 Å². The molecule has 0 aromatic heterocycles. The summed E-state index contributed by atoms with van der Waals surface area (Å²) in [6, 6.07) is 9.61. The summed E-state index contributed by atoms with van der Waals surface area (Å²) >= 11 is 24.7. The molecule has 0 saturated carbocycles. The Hall–Kier alpha value is -1.46. The van der Waals surface area contributed by atoms with Crippen molar-refractivity contribution in [3.8, 4) is 0 Å². The molecule has 0 radical (unpaired) electrons. The molecule has 168 valence electrons. The second kappa shape index (κ2) is 12.0. The van der Waals surface area contributed by atoms with Crippen LogP contribution in [-0.2, 0) is 22.6 Å². The third kappa shape index (κ3) is 7.28. The van der Waals surface area contributed by atoms with Gasteiger partial charge in [-0.2, -0.15) is 0 Å². The highest BCUT2D eigenvalue weighted by atomic mass is 35.5. The molecule has 0 bridgehead atoms. The summed E-state index contributed by atoms with van der Waals surface area (Å²) in [6.45, 7) is 6.63. The lowest BCUT2D eigenvalue weighted by molar-refractivity contribution is -0.141. The number of halogens is 4. The van der Waals surface area contributed by atoms with Crippen LogP contribution in [0.2, 0.25) is 20.1 Å². The van der Waals surface area contributed by atoms with Gasteiger partial charge in [-0.25, -0.2) is 0 Å². The van der Waals surface area contributed by atoms with Crippen LogP contribution in [0, 0.1) is 5.92 Å². The van der Waals surface area contributed by atoms with Gasteiger partial charge in [0.15, 0.2) is 0 Å². The zero-order chi connectivity index (χ0) is 23.1. The van der Waals surface area contributed by atoms with Crippen LogP contribution in [0.3, 0.4) is 0 Å². The Kier molecular flexibility index (Phi) is 9.95. The molecule has 0 aliphatic heterocycles. The highest BCUT2D eigenvalue weighted by Crippen LogP contribution is 2.27. The van der Waals surface area contributed by atoms with Crippen LogP contribution in [0.1, 0.15) is 38.3 Å². The summed E-state index contributed by atoms with van der Waals surface area (Å²) in [5.41, 5.74) is 1.30. The molecule has 0 spiro atoms. The average molecular weight is 504 g/mol. The van der Waals surface area contributed by atoms with Gasteiger partial charge in [0, 0.05) is 23.1 Å². The summed E-state index contributed by atoms with van der Waals surface area (Å²) in [5, 5.41) is 4.56. The largest absolute Gasteiger partial charge is 0.354 e. The number of carbonyl (C=O) groups is 2. The molecular formula is C23H26Cl4N2O2. The minimum Gasteiger partial charge on any atom is -0.354 e. The monoisotopic (exact) mass is 502 g/mol. The van der Waals surface area contributed by atoms with E-state index in [1.54, 1.807) is 41.3 Å². The highest BCUT2D eigenvalue weighted by Gasteiger charge is 2.29. The number of nitrogens with zero attached hydrogens (tertiary/aromatic N) is 1. The molecule has 31 heavy (non-hydrogen) atoms. The maximum Gasteiger partial charge on any atom is 0.242 e. The summed E-state index contributed by atoms with van der Waals surface area (Å²) in [4.78, 5) is 27.9. The van der Waals surface area contributed by atoms with Crippen LogP contribution < -0.4 is 5.32 Å². The zero-order valence-corrected chi connectivity index (χ0v) is 20.7. The molecule has 8 heteroatoms. The molecule has 1 atom stereocenters. The Balaban J connectivity index is 2.36.